The SMILES string of the molecule is O=C(NCC#CCOc1ccc2c(c1)OCO2)C1(c2ccc(Cl)cc2)CCCC1. The van der Waals surface area contributed by atoms with Crippen LogP contribution in [0, 0.1) is 11.8 Å². The average molecular weight is 412 g/mol. The van der Waals surface area contributed by atoms with Gasteiger partial charge in [0.05, 0.1) is 12.0 Å². The summed E-state index contributed by atoms with van der Waals surface area (Å²) in [7, 11) is 0. The molecule has 0 unspecified atom stereocenters. The van der Waals surface area contributed by atoms with Crippen molar-refractivity contribution in [2.75, 3.05) is 19.9 Å². The number of amides is 1. The minimum atomic E-state index is -0.477. The molecule has 1 amide bonds. The second-order valence-electron chi connectivity index (χ2n) is 7.14. The molecular weight excluding hydrogens is 390 g/mol. The molecule has 2 aromatic carbocycles. The van der Waals surface area contributed by atoms with E-state index in [4.69, 9.17) is 25.8 Å². The van der Waals surface area contributed by atoms with Gasteiger partial charge in [0, 0.05) is 11.1 Å². The zero-order valence-electron chi connectivity index (χ0n) is 16.0. The van der Waals surface area contributed by atoms with Gasteiger partial charge in [-0.15, -0.1) is 0 Å². The van der Waals surface area contributed by atoms with Crippen LogP contribution < -0.4 is 19.5 Å². The van der Waals surface area contributed by atoms with Crippen LogP contribution in [0.5, 0.6) is 17.2 Å². The Morgan fingerprint density at radius 3 is 2.62 bits per heavy atom. The number of hydrogen-bond acceptors (Lipinski definition) is 4. The van der Waals surface area contributed by atoms with Crippen molar-refractivity contribution in [3.05, 3.63) is 53.1 Å². The van der Waals surface area contributed by atoms with Gasteiger partial charge in [-0.3, -0.25) is 4.79 Å². The number of benzene rings is 2. The fraction of sp³-hybridized carbons (Fsp3) is 0.348. The molecule has 0 atom stereocenters. The van der Waals surface area contributed by atoms with E-state index in [9.17, 15) is 4.79 Å². The summed E-state index contributed by atoms with van der Waals surface area (Å²) >= 11 is 6.00. The Hall–Kier alpha value is -2.84. The maximum atomic E-state index is 12.9. The Kier molecular flexibility index (Phi) is 5.82. The third-order valence-electron chi connectivity index (χ3n) is 5.41. The van der Waals surface area contributed by atoms with Crippen molar-refractivity contribution >= 4 is 17.5 Å². The smallest absolute Gasteiger partial charge is 0.231 e. The maximum Gasteiger partial charge on any atom is 0.231 e. The first-order valence-corrected chi connectivity index (χ1v) is 10.1. The first kappa shape index (κ1) is 19.5. The van der Waals surface area contributed by atoms with Crippen LogP contribution in [0.15, 0.2) is 42.5 Å². The van der Waals surface area contributed by atoms with Gasteiger partial charge >= 0.3 is 0 Å². The number of carbonyl (C=O) groups excluding carboxylic acids is 1. The summed E-state index contributed by atoms with van der Waals surface area (Å²) in [6, 6.07) is 13.0. The van der Waals surface area contributed by atoms with Crippen LogP contribution >= 0.6 is 11.6 Å². The molecule has 150 valence electrons. The lowest BCUT2D eigenvalue weighted by Gasteiger charge is -2.28. The minimum absolute atomic E-state index is 0.0308. The van der Waals surface area contributed by atoms with E-state index in [1.807, 2.05) is 36.4 Å². The molecule has 1 fully saturated rings. The second kappa shape index (κ2) is 8.67. The van der Waals surface area contributed by atoms with Crippen molar-refractivity contribution < 1.29 is 19.0 Å². The van der Waals surface area contributed by atoms with Crippen molar-refractivity contribution in [3.63, 3.8) is 0 Å². The lowest BCUT2D eigenvalue weighted by Crippen LogP contribution is -2.42. The molecule has 1 heterocycles. The molecule has 0 bridgehead atoms. The lowest BCUT2D eigenvalue weighted by molar-refractivity contribution is -0.126. The molecule has 0 radical (unpaired) electrons. The summed E-state index contributed by atoms with van der Waals surface area (Å²) < 4.78 is 16.2. The third kappa shape index (κ3) is 4.28. The molecule has 1 saturated carbocycles. The summed E-state index contributed by atoms with van der Waals surface area (Å²) in [5.74, 6) is 7.97. The zero-order chi connectivity index (χ0) is 20.1. The largest absolute Gasteiger partial charge is 0.481 e. The molecule has 4 rings (SSSR count). The van der Waals surface area contributed by atoms with Gasteiger partial charge in [-0.05, 0) is 42.7 Å². The van der Waals surface area contributed by atoms with Crippen LogP contribution in [0.3, 0.4) is 0 Å². The van der Waals surface area contributed by atoms with Gasteiger partial charge in [-0.1, -0.05) is 48.4 Å². The second-order valence-corrected chi connectivity index (χ2v) is 7.57. The van der Waals surface area contributed by atoms with Crippen LogP contribution in [-0.4, -0.2) is 25.9 Å². The molecule has 6 heteroatoms. The minimum Gasteiger partial charge on any atom is -0.481 e. The number of ether oxygens (including phenoxy) is 3. The van der Waals surface area contributed by atoms with Crippen LogP contribution in [-0.2, 0) is 10.2 Å². The van der Waals surface area contributed by atoms with E-state index >= 15 is 0 Å². The van der Waals surface area contributed by atoms with Crippen molar-refractivity contribution in [2.24, 2.45) is 0 Å². The van der Waals surface area contributed by atoms with Crippen LogP contribution in [0.25, 0.3) is 0 Å². The molecule has 0 spiro atoms. The van der Waals surface area contributed by atoms with E-state index < -0.39 is 5.41 Å². The predicted molar refractivity (Wildman–Crippen MR) is 110 cm³/mol. The number of carbonyl (C=O) groups is 1. The summed E-state index contributed by atoms with van der Waals surface area (Å²) in [6.07, 6.45) is 3.79. The Morgan fingerprint density at radius 1 is 1.07 bits per heavy atom. The van der Waals surface area contributed by atoms with E-state index in [0.717, 1.165) is 31.2 Å². The van der Waals surface area contributed by atoms with Crippen LogP contribution in [0.1, 0.15) is 31.2 Å². The fourth-order valence-corrected chi connectivity index (χ4v) is 4.01. The Balaban J connectivity index is 1.30. The highest BCUT2D eigenvalue weighted by atomic mass is 35.5. The van der Waals surface area contributed by atoms with Gasteiger partial charge in [0.1, 0.15) is 12.4 Å². The molecule has 1 aliphatic carbocycles. The monoisotopic (exact) mass is 411 g/mol. The van der Waals surface area contributed by atoms with E-state index in [-0.39, 0.29) is 19.3 Å². The number of nitrogens with one attached hydrogen (secondary N) is 1. The first-order chi connectivity index (χ1) is 14.2. The van der Waals surface area contributed by atoms with Crippen molar-refractivity contribution in [1.29, 1.82) is 0 Å². The Labute approximate surface area is 175 Å². The Bertz CT molecular complexity index is 940. The van der Waals surface area contributed by atoms with Crippen LogP contribution in [0.2, 0.25) is 5.02 Å². The third-order valence-corrected chi connectivity index (χ3v) is 5.66. The first-order valence-electron chi connectivity index (χ1n) is 9.70. The number of fused-ring (bicyclic) bond motifs is 1. The summed E-state index contributed by atoms with van der Waals surface area (Å²) in [4.78, 5) is 12.9. The summed E-state index contributed by atoms with van der Waals surface area (Å²) in [5, 5.41) is 3.65. The Morgan fingerprint density at radius 2 is 1.83 bits per heavy atom. The molecule has 0 aromatic heterocycles. The molecule has 2 aromatic rings. The molecule has 29 heavy (non-hydrogen) atoms. The number of rotatable bonds is 5. The molecule has 0 saturated heterocycles. The van der Waals surface area contributed by atoms with Gasteiger partial charge in [0.2, 0.25) is 12.7 Å². The molecule has 5 nitrogen and oxygen atoms in total. The van der Waals surface area contributed by atoms with E-state index in [0.29, 0.717) is 28.8 Å². The highest BCUT2D eigenvalue weighted by Gasteiger charge is 2.42. The van der Waals surface area contributed by atoms with E-state index in [2.05, 4.69) is 17.2 Å². The van der Waals surface area contributed by atoms with Crippen LogP contribution in [0.4, 0.5) is 0 Å². The van der Waals surface area contributed by atoms with Crippen molar-refractivity contribution in [1.82, 2.24) is 5.32 Å². The lowest BCUT2D eigenvalue weighted by atomic mass is 9.78. The fourth-order valence-electron chi connectivity index (χ4n) is 3.89. The number of halogens is 1. The van der Waals surface area contributed by atoms with Gasteiger partial charge in [0.15, 0.2) is 11.5 Å². The number of hydrogen-bond donors (Lipinski definition) is 1. The molecule has 2 aliphatic rings. The van der Waals surface area contributed by atoms with Gasteiger partial charge in [0.25, 0.3) is 0 Å². The highest BCUT2D eigenvalue weighted by Crippen LogP contribution is 2.41. The summed E-state index contributed by atoms with van der Waals surface area (Å²) in [6.45, 7) is 0.756. The highest BCUT2D eigenvalue weighted by molar-refractivity contribution is 6.30. The van der Waals surface area contributed by atoms with Crippen molar-refractivity contribution in [2.45, 2.75) is 31.1 Å². The molecule has 1 N–H and O–H groups in total. The van der Waals surface area contributed by atoms with E-state index in [1.54, 1.807) is 6.07 Å². The van der Waals surface area contributed by atoms with Crippen molar-refractivity contribution in [3.8, 4) is 29.1 Å². The van der Waals surface area contributed by atoms with Gasteiger partial charge in [-0.2, -0.15) is 0 Å². The van der Waals surface area contributed by atoms with Gasteiger partial charge < -0.3 is 19.5 Å². The zero-order valence-corrected chi connectivity index (χ0v) is 16.8. The molecular formula is C23H22ClNO4. The van der Waals surface area contributed by atoms with E-state index in [1.165, 1.54) is 0 Å². The quantitative estimate of drug-likeness (QED) is 0.753. The topological polar surface area (TPSA) is 56.8 Å². The predicted octanol–water partition coefficient (Wildman–Crippen LogP) is 4.08. The average Bonchev–Trinajstić information content (AvgIpc) is 3.41. The standard InChI is InChI=1S/C23H22ClNO4/c24-18-7-5-17(6-8-18)23(11-1-2-12-23)22(26)25-13-3-4-14-27-19-9-10-20-21(15-19)29-16-28-20/h5-10,15H,1-2,11-14,16H2,(H,25,26). The molecule has 1 aliphatic heterocycles. The maximum absolute atomic E-state index is 12.9. The normalized spacial score (nSPS) is 16.0. The summed E-state index contributed by atoms with van der Waals surface area (Å²) in [5.41, 5.74) is 0.547. The van der Waals surface area contributed by atoms with Gasteiger partial charge in [-0.25, -0.2) is 0 Å².